The Morgan fingerprint density at radius 2 is 1.29 bits per heavy atom. The Bertz CT molecular complexity index is 329. The molecule has 0 heterocycles. The Morgan fingerprint density at radius 1 is 0.929 bits per heavy atom. The summed E-state index contributed by atoms with van der Waals surface area (Å²) in [5.74, 6) is -1.32. The lowest BCUT2D eigenvalue weighted by atomic mass is 10.1. The lowest BCUT2D eigenvalue weighted by Crippen LogP contribution is -2.12. The van der Waals surface area contributed by atoms with Crippen molar-refractivity contribution in [3.05, 3.63) is 35.4 Å². The molecule has 0 aliphatic heterocycles. The van der Waals surface area contributed by atoms with Crippen molar-refractivity contribution in [3.8, 4) is 0 Å². The van der Waals surface area contributed by atoms with Gasteiger partial charge in [0.05, 0.1) is 11.1 Å². The minimum absolute atomic E-state index is 0.130. The molecule has 0 amide bonds. The maximum Gasteiger partial charge on any atom is 0.345 e. The minimum atomic E-state index is -0.658. The molecule has 1 aromatic carbocycles. The van der Waals surface area contributed by atoms with Crippen LogP contribution in [0.2, 0.25) is 0 Å². The van der Waals surface area contributed by atoms with Crippen LogP contribution in [0.25, 0.3) is 0 Å². The van der Waals surface area contributed by atoms with E-state index in [0.29, 0.717) is 0 Å². The van der Waals surface area contributed by atoms with E-state index >= 15 is 0 Å². The van der Waals surface area contributed by atoms with E-state index < -0.39 is 11.9 Å². The smallest absolute Gasteiger partial charge is 0.345 e. The van der Waals surface area contributed by atoms with Crippen LogP contribution in [0.3, 0.4) is 0 Å². The van der Waals surface area contributed by atoms with Gasteiger partial charge in [-0.1, -0.05) is 12.1 Å². The van der Waals surface area contributed by atoms with E-state index in [1.165, 1.54) is 12.1 Å². The van der Waals surface area contributed by atoms with Crippen molar-refractivity contribution in [1.82, 2.24) is 0 Å². The molecule has 6 heteroatoms. The molecule has 0 atom stereocenters. The second-order valence-electron chi connectivity index (χ2n) is 2.32. The predicted octanol–water partition coefficient (Wildman–Crippen LogP) is 0.167. The maximum absolute atomic E-state index is 11.2. The van der Waals surface area contributed by atoms with Crippen LogP contribution in [0.1, 0.15) is 20.7 Å². The van der Waals surface area contributed by atoms with Crippen molar-refractivity contribution in [2.24, 2.45) is 0 Å². The molecular weight excluding hydrogens is 216 g/mol. The summed E-state index contributed by atoms with van der Waals surface area (Å²) in [6, 6.07) is 6.15. The molecule has 0 aliphatic carbocycles. The molecule has 0 saturated heterocycles. The summed E-state index contributed by atoms with van der Waals surface area (Å²) >= 11 is 0. The fourth-order valence-electron chi connectivity index (χ4n) is 0.949. The van der Waals surface area contributed by atoms with Crippen LogP contribution in [0.4, 0.5) is 0 Å². The molecule has 0 N–H and O–H groups in total. The van der Waals surface area contributed by atoms with Crippen LogP contribution >= 0.6 is 0 Å². The van der Waals surface area contributed by atoms with E-state index in [-0.39, 0.29) is 11.1 Å². The van der Waals surface area contributed by atoms with Crippen molar-refractivity contribution in [2.45, 2.75) is 0 Å². The van der Waals surface area contributed by atoms with Gasteiger partial charge in [-0.3, -0.25) is 0 Å². The topological polar surface area (TPSA) is 52.6 Å². The second-order valence-corrected chi connectivity index (χ2v) is 2.73. The summed E-state index contributed by atoms with van der Waals surface area (Å²) in [6.45, 7) is 0. The summed E-state index contributed by atoms with van der Waals surface area (Å²) in [5.41, 5.74) is 0.261. The molecule has 1 aromatic rings. The number of hydrogen-bond donors (Lipinski definition) is 0. The highest BCUT2D eigenvalue weighted by Gasteiger charge is 2.16. The van der Waals surface area contributed by atoms with E-state index in [9.17, 15) is 9.59 Å². The Balaban J connectivity index is 3.15. The van der Waals surface area contributed by atoms with Gasteiger partial charge in [-0.25, -0.2) is 9.59 Å². The van der Waals surface area contributed by atoms with Gasteiger partial charge in [0.2, 0.25) is 0 Å². The Kier molecular flexibility index (Phi) is 3.60. The van der Waals surface area contributed by atoms with E-state index in [1.54, 1.807) is 12.1 Å². The van der Waals surface area contributed by atoms with Crippen LogP contribution in [-0.4, -0.2) is 32.9 Å². The molecule has 0 unspecified atom stereocenters. The first-order chi connectivity index (χ1) is 6.70. The van der Waals surface area contributed by atoms with Gasteiger partial charge in [0, 0.05) is 0 Å². The molecule has 0 saturated carbocycles. The van der Waals surface area contributed by atoms with Crippen LogP contribution in [-0.2, 0) is 8.85 Å². The van der Waals surface area contributed by atoms with Crippen molar-refractivity contribution in [3.63, 3.8) is 0 Å². The first-order valence-corrected chi connectivity index (χ1v) is 4.37. The monoisotopic (exact) mass is 220 g/mol. The van der Waals surface area contributed by atoms with E-state index in [0.717, 1.165) is 0 Å². The van der Waals surface area contributed by atoms with Gasteiger partial charge in [0.25, 0.3) is 0 Å². The summed E-state index contributed by atoms with van der Waals surface area (Å²) < 4.78 is 8.63. The van der Waals surface area contributed by atoms with E-state index in [4.69, 9.17) is 0 Å². The third-order valence-corrected chi connectivity index (χ3v) is 1.92. The number of benzene rings is 1. The number of hydrogen-bond acceptors (Lipinski definition) is 4. The molecule has 4 nitrogen and oxygen atoms in total. The Morgan fingerprint density at radius 3 is 1.57 bits per heavy atom. The van der Waals surface area contributed by atoms with Crippen molar-refractivity contribution >= 4 is 32.9 Å². The lowest BCUT2D eigenvalue weighted by molar-refractivity contribution is 0.0707. The molecule has 68 valence electrons. The number of carbonyl (C=O) groups is 2. The summed E-state index contributed by atoms with van der Waals surface area (Å²) in [5, 5.41) is 0. The SMILES string of the molecule is O=C(O[Si])c1ccccc1C(=O)O[Si]. The molecule has 0 bridgehead atoms. The van der Waals surface area contributed by atoms with Crippen molar-refractivity contribution in [1.29, 1.82) is 0 Å². The van der Waals surface area contributed by atoms with Gasteiger partial charge in [-0.2, -0.15) is 0 Å². The van der Waals surface area contributed by atoms with Gasteiger partial charge in [0.15, 0.2) is 0 Å². The number of rotatable bonds is 2. The minimum Gasteiger partial charge on any atom is -0.513 e. The van der Waals surface area contributed by atoms with Crippen LogP contribution in [0, 0.1) is 0 Å². The zero-order valence-corrected chi connectivity index (χ0v) is 8.94. The van der Waals surface area contributed by atoms with Gasteiger partial charge in [0.1, 0.15) is 0 Å². The van der Waals surface area contributed by atoms with Crippen LogP contribution in [0.5, 0.6) is 0 Å². The summed E-state index contributed by atoms with van der Waals surface area (Å²) in [6.07, 6.45) is 0. The molecule has 0 spiro atoms. The van der Waals surface area contributed by atoms with Gasteiger partial charge < -0.3 is 8.85 Å². The van der Waals surface area contributed by atoms with Crippen LogP contribution in [0.15, 0.2) is 24.3 Å². The standard InChI is InChI=1S/C8H4O4Si2/c9-7(11-13)5-3-1-2-4-6(5)8(10)12-14/h1-4H. The zero-order valence-electron chi connectivity index (χ0n) is 6.94. The van der Waals surface area contributed by atoms with E-state index in [1.807, 2.05) is 0 Å². The van der Waals surface area contributed by atoms with Crippen molar-refractivity contribution < 1.29 is 18.4 Å². The van der Waals surface area contributed by atoms with Crippen molar-refractivity contribution in [2.75, 3.05) is 0 Å². The molecule has 0 aliphatic rings. The average molecular weight is 220 g/mol. The maximum atomic E-state index is 11.2. The zero-order chi connectivity index (χ0) is 10.6. The van der Waals surface area contributed by atoms with Gasteiger partial charge in [-0.05, 0) is 12.1 Å². The van der Waals surface area contributed by atoms with E-state index in [2.05, 4.69) is 29.8 Å². The van der Waals surface area contributed by atoms with Crippen LogP contribution < -0.4 is 0 Å². The highest BCUT2D eigenvalue weighted by molar-refractivity contribution is 6.15. The summed E-state index contributed by atoms with van der Waals surface area (Å²) in [7, 11) is 5.18. The third kappa shape index (κ3) is 2.09. The molecule has 6 radical (unpaired) electrons. The highest BCUT2D eigenvalue weighted by Crippen LogP contribution is 2.10. The lowest BCUT2D eigenvalue weighted by Gasteiger charge is -2.04. The molecule has 14 heavy (non-hydrogen) atoms. The molecule has 1 rings (SSSR count). The second kappa shape index (κ2) is 4.73. The predicted molar refractivity (Wildman–Crippen MR) is 48.8 cm³/mol. The third-order valence-electron chi connectivity index (χ3n) is 1.55. The fraction of sp³-hybridized carbons (Fsp3) is 0. The fourth-order valence-corrected chi connectivity index (χ4v) is 1.17. The average Bonchev–Trinajstić information content (AvgIpc) is 2.27. The molecule has 0 aromatic heterocycles. The molecular formula is C8H4O4Si2. The van der Waals surface area contributed by atoms with Gasteiger partial charge in [-0.15, -0.1) is 0 Å². The van der Waals surface area contributed by atoms with Gasteiger partial charge >= 0.3 is 32.9 Å². The first-order valence-electron chi connectivity index (χ1n) is 3.55. The highest BCUT2D eigenvalue weighted by atomic mass is 28.2. The number of carbonyl (C=O) groups excluding carboxylic acids is 2. The first kappa shape index (κ1) is 10.7. The quantitative estimate of drug-likeness (QED) is 0.667. The molecule has 0 fully saturated rings. The Hall–Kier alpha value is -1.41. The summed E-state index contributed by atoms with van der Waals surface area (Å²) in [4.78, 5) is 22.3. The largest absolute Gasteiger partial charge is 0.513 e. The Labute approximate surface area is 87.3 Å². The normalized spacial score (nSPS) is 9.29.